The Balaban J connectivity index is 0.000000673. The number of benzene rings is 1. The van der Waals surface area contributed by atoms with Gasteiger partial charge in [0.25, 0.3) is 0 Å². The Morgan fingerprint density at radius 2 is 1.69 bits per heavy atom. The van der Waals surface area contributed by atoms with Crippen LogP contribution in [0.1, 0.15) is 39.2 Å². The zero-order valence-corrected chi connectivity index (χ0v) is 10.9. The van der Waals surface area contributed by atoms with Crippen molar-refractivity contribution in [2.75, 3.05) is 0 Å². The van der Waals surface area contributed by atoms with Crippen LogP contribution in [-0.2, 0) is 6.42 Å². The van der Waals surface area contributed by atoms with Crippen LogP contribution in [0.5, 0.6) is 0 Å². The van der Waals surface area contributed by atoms with E-state index in [4.69, 9.17) is 5.73 Å². The van der Waals surface area contributed by atoms with Gasteiger partial charge in [-0.1, -0.05) is 69.7 Å². The second-order valence-corrected chi connectivity index (χ2v) is 4.02. The largest absolute Gasteiger partial charge is 0.324 e. The molecule has 1 rings (SSSR count). The lowest BCUT2D eigenvalue weighted by Gasteiger charge is -2.12. The van der Waals surface area contributed by atoms with E-state index in [1.807, 2.05) is 18.2 Å². The summed E-state index contributed by atoms with van der Waals surface area (Å²) < 4.78 is 0. The smallest absolute Gasteiger partial charge is 0.0291 e. The molecule has 1 heteroatoms. The van der Waals surface area contributed by atoms with E-state index >= 15 is 0 Å². The summed E-state index contributed by atoms with van der Waals surface area (Å²) in [4.78, 5) is 0. The third-order valence-electron chi connectivity index (χ3n) is 2.28. The predicted octanol–water partition coefficient (Wildman–Crippen LogP) is 3.94. The third kappa shape index (κ3) is 6.41. The molecule has 0 aliphatic heterocycles. The summed E-state index contributed by atoms with van der Waals surface area (Å²) >= 11 is 0. The van der Waals surface area contributed by atoms with Crippen molar-refractivity contribution in [1.82, 2.24) is 0 Å². The summed E-state index contributed by atoms with van der Waals surface area (Å²) in [7, 11) is 0. The van der Waals surface area contributed by atoms with Crippen molar-refractivity contribution in [1.29, 1.82) is 0 Å². The average Bonchev–Trinajstić information content (AvgIpc) is 2.30. The normalized spacial score (nSPS) is 11.2. The summed E-state index contributed by atoms with van der Waals surface area (Å²) in [6.07, 6.45) is 3.11. The van der Waals surface area contributed by atoms with Gasteiger partial charge in [0.05, 0.1) is 0 Å². The molecule has 0 saturated carbocycles. The van der Waals surface area contributed by atoms with Crippen molar-refractivity contribution in [2.45, 2.75) is 46.1 Å². The van der Waals surface area contributed by atoms with Gasteiger partial charge < -0.3 is 5.73 Å². The number of rotatable bonds is 4. The molecule has 0 bridgehead atoms. The molecule has 1 aromatic rings. The van der Waals surface area contributed by atoms with Gasteiger partial charge in [-0.15, -0.1) is 0 Å². The van der Waals surface area contributed by atoms with Crippen LogP contribution in [0.2, 0.25) is 0 Å². The number of hydrogen-bond acceptors (Lipinski definition) is 1. The molecule has 0 aromatic heterocycles. The highest BCUT2D eigenvalue weighted by Crippen LogP contribution is 2.08. The highest BCUT2D eigenvalue weighted by atomic mass is 14.6. The molecule has 1 aromatic carbocycles. The molecule has 16 heavy (non-hydrogen) atoms. The van der Waals surface area contributed by atoms with Crippen LogP contribution in [-0.4, -0.2) is 6.04 Å². The van der Waals surface area contributed by atoms with E-state index < -0.39 is 0 Å². The molecule has 0 spiro atoms. The van der Waals surface area contributed by atoms with E-state index in [0.717, 1.165) is 18.4 Å². The first-order valence-corrected chi connectivity index (χ1v) is 6.12. The molecule has 0 radical (unpaired) electrons. The van der Waals surface area contributed by atoms with Crippen LogP contribution in [0, 0.1) is 0 Å². The lowest BCUT2D eigenvalue weighted by Crippen LogP contribution is -2.24. The maximum Gasteiger partial charge on any atom is 0.0291 e. The van der Waals surface area contributed by atoms with Crippen LogP contribution in [0.25, 0.3) is 0 Å². The Hall–Kier alpha value is -1.08. The Labute approximate surface area is 100 Å². The Kier molecular flexibility index (Phi) is 8.55. The zero-order chi connectivity index (χ0) is 12.4. The van der Waals surface area contributed by atoms with Crippen LogP contribution in [0.4, 0.5) is 0 Å². The Morgan fingerprint density at radius 1 is 1.19 bits per heavy atom. The summed E-state index contributed by atoms with van der Waals surface area (Å²) in [5, 5.41) is 0. The first-order valence-electron chi connectivity index (χ1n) is 6.12. The van der Waals surface area contributed by atoms with Crippen molar-refractivity contribution in [2.24, 2.45) is 5.73 Å². The fourth-order valence-electron chi connectivity index (χ4n) is 1.27. The molecular weight excluding hydrogens is 194 g/mol. The molecule has 1 unspecified atom stereocenters. The van der Waals surface area contributed by atoms with E-state index in [9.17, 15) is 0 Å². The van der Waals surface area contributed by atoms with E-state index in [-0.39, 0.29) is 6.04 Å². The molecule has 90 valence electrons. The Bertz CT molecular complexity index is 277. The van der Waals surface area contributed by atoms with Gasteiger partial charge in [0.1, 0.15) is 0 Å². The summed E-state index contributed by atoms with van der Waals surface area (Å²) in [5.41, 5.74) is 8.37. The molecule has 0 heterocycles. The minimum Gasteiger partial charge on any atom is -0.324 e. The predicted molar refractivity (Wildman–Crippen MR) is 73.5 cm³/mol. The van der Waals surface area contributed by atoms with Crippen molar-refractivity contribution in [3.8, 4) is 0 Å². The monoisotopic (exact) mass is 219 g/mol. The van der Waals surface area contributed by atoms with Gasteiger partial charge in [-0.25, -0.2) is 0 Å². The summed E-state index contributed by atoms with van der Waals surface area (Å²) in [6, 6.07) is 10.4. The van der Waals surface area contributed by atoms with Crippen LogP contribution < -0.4 is 5.73 Å². The first-order chi connectivity index (χ1) is 7.65. The van der Waals surface area contributed by atoms with Gasteiger partial charge in [-0.05, 0) is 18.4 Å². The van der Waals surface area contributed by atoms with E-state index in [1.54, 1.807) is 0 Å². The molecule has 2 N–H and O–H groups in total. The minimum atomic E-state index is 0.104. The minimum absolute atomic E-state index is 0.104. The SMILES string of the molecule is C=C(CC)C(N)Cc1ccccc1.CCC. The lowest BCUT2D eigenvalue weighted by molar-refractivity contribution is 0.738. The van der Waals surface area contributed by atoms with Crippen LogP contribution in [0.15, 0.2) is 42.5 Å². The van der Waals surface area contributed by atoms with Crippen LogP contribution in [0.3, 0.4) is 0 Å². The van der Waals surface area contributed by atoms with Crippen LogP contribution >= 0.6 is 0 Å². The average molecular weight is 219 g/mol. The lowest BCUT2D eigenvalue weighted by atomic mass is 9.99. The van der Waals surface area contributed by atoms with E-state index in [2.05, 4.69) is 39.5 Å². The van der Waals surface area contributed by atoms with Crippen molar-refractivity contribution in [3.05, 3.63) is 48.0 Å². The maximum absolute atomic E-state index is 5.96. The second kappa shape index (κ2) is 9.17. The second-order valence-electron chi connectivity index (χ2n) is 4.02. The molecule has 1 nitrogen and oxygen atoms in total. The Morgan fingerprint density at radius 3 is 2.12 bits per heavy atom. The summed E-state index contributed by atoms with van der Waals surface area (Å²) in [5.74, 6) is 0. The molecule has 0 aliphatic rings. The van der Waals surface area contributed by atoms with E-state index in [0.29, 0.717) is 0 Å². The number of hydrogen-bond donors (Lipinski definition) is 1. The van der Waals surface area contributed by atoms with Crippen molar-refractivity contribution >= 4 is 0 Å². The molecule has 0 fully saturated rings. The van der Waals surface area contributed by atoms with Gasteiger partial charge >= 0.3 is 0 Å². The standard InChI is InChI=1S/C12H17N.C3H8/c1-3-10(2)12(13)9-11-7-5-4-6-8-11;1-3-2/h4-8,12H,2-3,9,13H2,1H3;3H2,1-2H3. The fraction of sp³-hybridized carbons (Fsp3) is 0.467. The molecule has 0 saturated heterocycles. The molecule has 0 amide bonds. The van der Waals surface area contributed by atoms with Gasteiger partial charge in [0.15, 0.2) is 0 Å². The van der Waals surface area contributed by atoms with Gasteiger partial charge in [0.2, 0.25) is 0 Å². The van der Waals surface area contributed by atoms with Gasteiger partial charge in [0, 0.05) is 6.04 Å². The third-order valence-corrected chi connectivity index (χ3v) is 2.28. The quantitative estimate of drug-likeness (QED) is 0.763. The topological polar surface area (TPSA) is 26.0 Å². The van der Waals surface area contributed by atoms with Gasteiger partial charge in [-0.3, -0.25) is 0 Å². The van der Waals surface area contributed by atoms with Gasteiger partial charge in [-0.2, -0.15) is 0 Å². The summed E-state index contributed by atoms with van der Waals surface area (Å²) in [6.45, 7) is 10.3. The fourth-order valence-corrected chi connectivity index (χ4v) is 1.27. The molecule has 0 aliphatic carbocycles. The first kappa shape index (κ1) is 14.9. The molecular formula is C15H25N. The highest BCUT2D eigenvalue weighted by Gasteiger charge is 2.05. The maximum atomic E-state index is 5.96. The number of nitrogens with two attached hydrogens (primary N) is 1. The van der Waals surface area contributed by atoms with Crippen molar-refractivity contribution in [3.63, 3.8) is 0 Å². The zero-order valence-electron chi connectivity index (χ0n) is 10.9. The van der Waals surface area contributed by atoms with Crippen molar-refractivity contribution < 1.29 is 0 Å². The highest BCUT2D eigenvalue weighted by molar-refractivity contribution is 5.19. The molecule has 1 atom stereocenters. The van der Waals surface area contributed by atoms with E-state index in [1.165, 1.54) is 12.0 Å².